The minimum Gasteiger partial charge on any atom is -0.482 e. The molecule has 4 nitrogen and oxygen atoms in total. The highest BCUT2D eigenvalue weighted by Gasteiger charge is 2.12. The zero-order valence-corrected chi connectivity index (χ0v) is 16.1. The van der Waals surface area contributed by atoms with Crippen LogP contribution in [-0.2, 0) is 4.79 Å². The number of carbonyl (C=O) groups is 1. The van der Waals surface area contributed by atoms with Gasteiger partial charge in [0.2, 0.25) is 0 Å². The fourth-order valence-corrected chi connectivity index (χ4v) is 2.86. The number of benzene rings is 2. The first-order valence-corrected chi connectivity index (χ1v) is 9.39. The monoisotopic (exact) mass is 354 g/mol. The number of amides is 1. The molecule has 0 aliphatic heterocycles. The van der Waals surface area contributed by atoms with Gasteiger partial charge in [-0.1, -0.05) is 57.0 Å². The number of carbonyl (C=O) groups excluding carboxylic acids is 1. The number of hydrogen-bond acceptors (Lipinski definition) is 3. The summed E-state index contributed by atoms with van der Waals surface area (Å²) >= 11 is 0. The Kier molecular flexibility index (Phi) is 8.00. The first-order chi connectivity index (χ1) is 12.6. The van der Waals surface area contributed by atoms with Gasteiger partial charge in [-0.15, -0.1) is 0 Å². The van der Waals surface area contributed by atoms with Crippen molar-refractivity contribution in [3.8, 4) is 5.75 Å². The van der Waals surface area contributed by atoms with Gasteiger partial charge >= 0.3 is 0 Å². The van der Waals surface area contributed by atoms with Gasteiger partial charge in [-0.2, -0.15) is 0 Å². The van der Waals surface area contributed by atoms with Crippen molar-refractivity contribution in [1.29, 1.82) is 0 Å². The molecule has 0 saturated carbocycles. The van der Waals surface area contributed by atoms with Gasteiger partial charge in [0.15, 0.2) is 6.61 Å². The molecule has 0 spiro atoms. The van der Waals surface area contributed by atoms with Crippen LogP contribution in [0.25, 0.3) is 0 Å². The van der Waals surface area contributed by atoms with Gasteiger partial charge < -0.3 is 15.0 Å². The van der Waals surface area contributed by atoms with Crippen molar-refractivity contribution in [2.45, 2.75) is 33.1 Å². The lowest BCUT2D eigenvalue weighted by Gasteiger charge is -2.19. The molecular weight excluding hydrogens is 324 g/mol. The van der Waals surface area contributed by atoms with E-state index in [9.17, 15) is 4.79 Å². The van der Waals surface area contributed by atoms with Gasteiger partial charge in [-0.05, 0) is 36.6 Å². The topological polar surface area (TPSA) is 41.6 Å². The number of nitrogens with one attached hydrogen (secondary N) is 1. The lowest BCUT2D eigenvalue weighted by molar-refractivity contribution is -0.120. The minimum atomic E-state index is -0.0810. The summed E-state index contributed by atoms with van der Waals surface area (Å²) in [6.07, 6.45) is 3.59. The molecule has 2 aromatic carbocycles. The fourth-order valence-electron chi connectivity index (χ4n) is 2.86. The lowest BCUT2D eigenvalue weighted by atomic mass is 10.0. The average Bonchev–Trinajstić information content (AvgIpc) is 2.67. The maximum atomic E-state index is 12.4. The summed E-state index contributed by atoms with van der Waals surface area (Å²) in [4.78, 5) is 14.0. The molecular formula is C22H30N2O2. The van der Waals surface area contributed by atoms with Crippen molar-refractivity contribution in [3.05, 3.63) is 54.6 Å². The molecule has 26 heavy (non-hydrogen) atoms. The Balaban J connectivity index is 1.88. The number of para-hydroxylation sites is 3. The Labute approximate surface area is 157 Å². The van der Waals surface area contributed by atoms with Crippen LogP contribution in [0.15, 0.2) is 54.6 Å². The van der Waals surface area contributed by atoms with Crippen LogP contribution in [0.4, 0.5) is 11.4 Å². The zero-order chi connectivity index (χ0) is 18.8. The highest BCUT2D eigenvalue weighted by molar-refractivity contribution is 5.93. The minimum absolute atomic E-state index is 0.0102. The fraction of sp³-hybridized carbons (Fsp3) is 0.409. The lowest BCUT2D eigenvalue weighted by Crippen LogP contribution is -2.31. The zero-order valence-electron chi connectivity index (χ0n) is 16.1. The van der Waals surface area contributed by atoms with Crippen molar-refractivity contribution in [2.24, 2.45) is 5.92 Å². The second-order valence-electron chi connectivity index (χ2n) is 6.68. The third-order valence-corrected chi connectivity index (χ3v) is 4.49. The summed E-state index contributed by atoms with van der Waals surface area (Å²) in [6.45, 7) is 5.41. The number of anilines is 2. The molecule has 1 N–H and O–H groups in total. The average molecular weight is 354 g/mol. The Hall–Kier alpha value is -2.49. The van der Waals surface area contributed by atoms with Gasteiger partial charge in [-0.25, -0.2) is 0 Å². The van der Waals surface area contributed by atoms with E-state index in [0.29, 0.717) is 11.7 Å². The molecule has 0 saturated heterocycles. The summed E-state index contributed by atoms with van der Waals surface area (Å²) in [7, 11) is 1.76. The molecule has 1 unspecified atom stereocenters. The van der Waals surface area contributed by atoms with Gasteiger partial charge in [0.05, 0.1) is 5.69 Å². The van der Waals surface area contributed by atoms with Gasteiger partial charge in [0.1, 0.15) is 5.75 Å². The normalized spacial score (nSPS) is 11.7. The Bertz CT molecular complexity index is 673. The van der Waals surface area contributed by atoms with Gasteiger partial charge in [0.25, 0.3) is 5.91 Å². The standard InChI is InChI=1S/C22H30N2O2/c1-4-10-18(2)15-16-23-20-13-8-9-14-21(20)26-17-22(25)24(3)19-11-6-5-7-12-19/h5-9,11-14,18,23H,4,10,15-17H2,1-3H3. The van der Waals surface area contributed by atoms with Crippen molar-refractivity contribution in [1.82, 2.24) is 0 Å². The summed E-state index contributed by atoms with van der Waals surface area (Å²) in [5, 5.41) is 3.44. The molecule has 0 heterocycles. The molecule has 140 valence electrons. The van der Waals surface area contributed by atoms with Gasteiger partial charge in [-0.3, -0.25) is 4.79 Å². The van der Waals surface area contributed by atoms with Crippen LogP contribution in [0.1, 0.15) is 33.1 Å². The quantitative estimate of drug-likeness (QED) is 0.655. The van der Waals surface area contributed by atoms with E-state index in [2.05, 4.69) is 19.2 Å². The largest absolute Gasteiger partial charge is 0.482 e. The smallest absolute Gasteiger partial charge is 0.264 e. The van der Waals surface area contributed by atoms with E-state index in [1.54, 1.807) is 11.9 Å². The second-order valence-corrected chi connectivity index (χ2v) is 6.68. The predicted molar refractivity (Wildman–Crippen MR) is 109 cm³/mol. The predicted octanol–water partition coefficient (Wildman–Crippen LogP) is 4.97. The highest BCUT2D eigenvalue weighted by Crippen LogP contribution is 2.24. The van der Waals surface area contributed by atoms with E-state index in [1.807, 2.05) is 54.6 Å². The molecule has 2 aromatic rings. The van der Waals surface area contributed by atoms with Crippen molar-refractivity contribution < 1.29 is 9.53 Å². The molecule has 2 rings (SSSR count). The van der Waals surface area contributed by atoms with E-state index in [-0.39, 0.29) is 12.5 Å². The number of likely N-dealkylation sites (N-methyl/N-ethyl adjacent to an activating group) is 1. The molecule has 0 radical (unpaired) electrons. The summed E-state index contributed by atoms with van der Waals surface area (Å²) in [5.74, 6) is 1.34. The van der Waals surface area contributed by atoms with Crippen molar-refractivity contribution in [2.75, 3.05) is 30.4 Å². The van der Waals surface area contributed by atoms with Gasteiger partial charge in [0, 0.05) is 19.3 Å². The molecule has 1 amide bonds. The van der Waals surface area contributed by atoms with Crippen LogP contribution >= 0.6 is 0 Å². The van der Waals surface area contributed by atoms with Crippen LogP contribution in [0.5, 0.6) is 5.75 Å². The van der Waals surface area contributed by atoms with Crippen LogP contribution in [0.3, 0.4) is 0 Å². The van der Waals surface area contributed by atoms with Crippen LogP contribution in [-0.4, -0.2) is 26.1 Å². The van der Waals surface area contributed by atoms with Crippen molar-refractivity contribution in [3.63, 3.8) is 0 Å². The van der Waals surface area contributed by atoms with E-state index < -0.39 is 0 Å². The van der Waals surface area contributed by atoms with E-state index in [1.165, 1.54) is 12.8 Å². The third kappa shape index (κ3) is 6.10. The van der Waals surface area contributed by atoms with Crippen LogP contribution in [0.2, 0.25) is 0 Å². The third-order valence-electron chi connectivity index (χ3n) is 4.49. The summed E-state index contributed by atoms with van der Waals surface area (Å²) < 4.78 is 5.79. The Morgan fingerprint density at radius 1 is 1.08 bits per heavy atom. The first-order valence-electron chi connectivity index (χ1n) is 9.39. The van der Waals surface area contributed by atoms with E-state index in [4.69, 9.17) is 4.74 Å². The number of nitrogens with zero attached hydrogens (tertiary/aromatic N) is 1. The first kappa shape index (κ1) is 19.8. The number of hydrogen-bond donors (Lipinski definition) is 1. The Morgan fingerprint density at radius 2 is 1.77 bits per heavy atom. The van der Waals surface area contributed by atoms with Crippen LogP contribution in [0, 0.1) is 5.92 Å². The molecule has 0 fully saturated rings. The molecule has 4 heteroatoms. The molecule has 1 atom stereocenters. The second kappa shape index (κ2) is 10.5. The maximum absolute atomic E-state index is 12.4. The highest BCUT2D eigenvalue weighted by atomic mass is 16.5. The maximum Gasteiger partial charge on any atom is 0.264 e. The number of ether oxygens (including phenoxy) is 1. The van der Waals surface area contributed by atoms with Crippen LogP contribution < -0.4 is 15.0 Å². The molecule has 0 aliphatic rings. The van der Waals surface area contributed by atoms with Crippen molar-refractivity contribution >= 4 is 17.3 Å². The number of rotatable bonds is 10. The summed E-state index contributed by atoms with van der Waals surface area (Å²) in [6, 6.07) is 17.4. The van der Waals surface area contributed by atoms with E-state index >= 15 is 0 Å². The summed E-state index contributed by atoms with van der Waals surface area (Å²) in [5.41, 5.74) is 1.80. The molecule has 0 aromatic heterocycles. The molecule has 0 bridgehead atoms. The molecule has 0 aliphatic carbocycles. The van der Waals surface area contributed by atoms with E-state index in [0.717, 1.165) is 24.3 Å². The Morgan fingerprint density at radius 3 is 2.50 bits per heavy atom. The SMILES string of the molecule is CCCC(C)CCNc1ccccc1OCC(=O)N(C)c1ccccc1.